The lowest BCUT2D eigenvalue weighted by Crippen LogP contribution is -2.46. The van der Waals surface area contributed by atoms with Crippen molar-refractivity contribution in [2.24, 2.45) is 0 Å². The number of piperazine rings is 1. The summed E-state index contributed by atoms with van der Waals surface area (Å²) in [6.07, 6.45) is 5.33. The molecule has 0 saturated carbocycles. The Bertz CT molecular complexity index is 836. The molecule has 1 saturated heterocycles. The second-order valence-electron chi connectivity index (χ2n) is 5.78. The van der Waals surface area contributed by atoms with Gasteiger partial charge in [0.1, 0.15) is 6.33 Å². The third-order valence-corrected chi connectivity index (χ3v) is 5.02. The number of anilines is 1. The second kappa shape index (κ2) is 6.55. The summed E-state index contributed by atoms with van der Waals surface area (Å²) in [5.74, 6) is 0.880. The molecule has 124 valence electrons. The Morgan fingerprint density at radius 1 is 1.04 bits per heavy atom. The highest BCUT2D eigenvalue weighted by molar-refractivity contribution is 6.35. The summed E-state index contributed by atoms with van der Waals surface area (Å²) in [4.78, 5) is 9.08. The van der Waals surface area contributed by atoms with Gasteiger partial charge in [0, 0.05) is 60.7 Å². The Hall–Kier alpha value is -1.89. The zero-order valence-corrected chi connectivity index (χ0v) is 14.5. The molecule has 0 spiro atoms. The van der Waals surface area contributed by atoms with Crippen LogP contribution in [0.15, 0.2) is 36.9 Å². The third-order valence-electron chi connectivity index (χ3n) is 4.31. The van der Waals surface area contributed by atoms with Gasteiger partial charge in [0.2, 0.25) is 5.65 Å². The lowest BCUT2D eigenvalue weighted by molar-refractivity contribution is 0.249. The maximum atomic E-state index is 6.28. The lowest BCUT2D eigenvalue weighted by atomic mass is 10.2. The van der Waals surface area contributed by atoms with Crippen LogP contribution in [0.5, 0.6) is 0 Å². The predicted octanol–water partition coefficient (Wildman–Crippen LogP) is 2.75. The molecular formula is C16H16Cl2N6. The summed E-state index contributed by atoms with van der Waals surface area (Å²) in [5.41, 5.74) is 1.78. The van der Waals surface area contributed by atoms with Crippen molar-refractivity contribution in [3.8, 4) is 0 Å². The van der Waals surface area contributed by atoms with Crippen LogP contribution in [0.2, 0.25) is 10.0 Å². The summed E-state index contributed by atoms with van der Waals surface area (Å²) >= 11 is 12.6. The molecule has 2 aromatic heterocycles. The largest absolute Gasteiger partial charge is 0.351 e. The van der Waals surface area contributed by atoms with Gasteiger partial charge in [-0.3, -0.25) is 9.30 Å². The highest BCUT2D eigenvalue weighted by Crippen LogP contribution is 2.26. The van der Waals surface area contributed by atoms with Crippen LogP contribution in [-0.4, -0.2) is 50.7 Å². The van der Waals surface area contributed by atoms with Crippen molar-refractivity contribution >= 4 is 34.7 Å². The topological polar surface area (TPSA) is 49.6 Å². The second-order valence-corrected chi connectivity index (χ2v) is 6.59. The first-order valence-corrected chi connectivity index (χ1v) is 8.52. The van der Waals surface area contributed by atoms with Gasteiger partial charge >= 0.3 is 0 Å². The number of rotatable bonds is 3. The van der Waals surface area contributed by atoms with Crippen molar-refractivity contribution in [3.63, 3.8) is 0 Å². The number of hydrogen-bond donors (Lipinski definition) is 0. The molecule has 1 aliphatic heterocycles. The van der Waals surface area contributed by atoms with Crippen LogP contribution in [0, 0.1) is 0 Å². The van der Waals surface area contributed by atoms with E-state index in [1.165, 1.54) is 0 Å². The van der Waals surface area contributed by atoms with Crippen molar-refractivity contribution in [2.45, 2.75) is 6.54 Å². The van der Waals surface area contributed by atoms with Crippen LogP contribution in [0.1, 0.15) is 5.56 Å². The van der Waals surface area contributed by atoms with Gasteiger partial charge in [0.25, 0.3) is 0 Å². The van der Waals surface area contributed by atoms with E-state index in [1.54, 1.807) is 12.5 Å². The number of benzene rings is 1. The van der Waals surface area contributed by atoms with E-state index in [4.69, 9.17) is 23.2 Å². The minimum absolute atomic E-state index is 0.722. The molecule has 8 heteroatoms. The van der Waals surface area contributed by atoms with E-state index in [2.05, 4.69) is 25.0 Å². The van der Waals surface area contributed by atoms with Gasteiger partial charge < -0.3 is 4.90 Å². The molecule has 4 rings (SSSR count). The van der Waals surface area contributed by atoms with Gasteiger partial charge in [-0.05, 0) is 12.1 Å². The number of halogens is 2. The maximum Gasteiger partial charge on any atom is 0.203 e. The van der Waals surface area contributed by atoms with Crippen molar-refractivity contribution in [3.05, 3.63) is 52.5 Å². The molecule has 3 heterocycles. The van der Waals surface area contributed by atoms with Crippen molar-refractivity contribution in [1.82, 2.24) is 24.5 Å². The standard InChI is InChI=1S/C16H16Cl2N6/c17-13-2-1-3-14(18)12(13)10-22-6-8-23(9-7-22)15-16-21-20-11-24(16)5-4-19-15/h1-5,11H,6-10H2. The van der Waals surface area contributed by atoms with Crippen LogP contribution in [0.4, 0.5) is 5.82 Å². The molecule has 1 fully saturated rings. The minimum Gasteiger partial charge on any atom is -0.351 e. The van der Waals surface area contributed by atoms with Crippen LogP contribution >= 0.6 is 23.2 Å². The van der Waals surface area contributed by atoms with Crippen molar-refractivity contribution < 1.29 is 0 Å². The van der Waals surface area contributed by atoms with Gasteiger partial charge in [0.15, 0.2) is 5.82 Å². The summed E-state index contributed by atoms with van der Waals surface area (Å²) in [5, 5.41) is 9.56. The number of nitrogens with zero attached hydrogens (tertiary/aromatic N) is 6. The first kappa shape index (κ1) is 15.6. The van der Waals surface area contributed by atoms with E-state index >= 15 is 0 Å². The maximum absolute atomic E-state index is 6.28. The Kier molecular flexibility index (Phi) is 4.26. The van der Waals surface area contributed by atoms with Crippen molar-refractivity contribution in [2.75, 3.05) is 31.1 Å². The fourth-order valence-corrected chi connectivity index (χ4v) is 3.51. The summed E-state index contributed by atoms with van der Waals surface area (Å²) < 4.78 is 1.89. The third kappa shape index (κ3) is 2.92. The fourth-order valence-electron chi connectivity index (χ4n) is 2.99. The van der Waals surface area contributed by atoms with E-state index < -0.39 is 0 Å². The summed E-state index contributed by atoms with van der Waals surface area (Å²) in [6.45, 7) is 4.34. The van der Waals surface area contributed by atoms with Crippen LogP contribution < -0.4 is 4.90 Å². The van der Waals surface area contributed by atoms with Crippen LogP contribution in [0.3, 0.4) is 0 Å². The van der Waals surface area contributed by atoms with E-state index in [-0.39, 0.29) is 0 Å². The highest BCUT2D eigenvalue weighted by Gasteiger charge is 2.21. The molecule has 3 aromatic rings. The Morgan fingerprint density at radius 2 is 1.79 bits per heavy atom. The number of fused-ring (bicyclic) bond motifs is 1. The number of hydrogen-bond acceptors (Lipinski definition) is 5. The molecule has 0 atom stereocenters. The molecule has 1 aliphatic rings. The first-order valence-electron chi connectivity index (χ1n) is 7.77. The Balaban J connectivity index is 1.46. The van der Waals surface area contributed by atoms with Gasteiger partial charge in [-0.25, -0.2) is 4.98 Å². The number of aromatic nitrogens is 4. The molecule has 0 N–H and O–H groups in total. The molecule has 0 amide bonds. The fraction of sp³-hybridized carbons (Fsp3) is 0.312. The zero-order valence-electron chi connectivity index (χ0n) is 12.9. The van der Waals surface area contributed by atoms with Gasteiger partial charge in [-0.2, -0.15) is 0 Å². The SMILES string of the molecule is Clc1cccc(Cl)c1CN1CCN(c2nccn3cnnc23)CC1. The molecule has 1 aromatic carbocycles. The van der Waals surface area contributed by atoms with Gasteiger partial charge in [-0.15, -0.1) is 10.2 Å². The zero-order chi connectivity index (χ0) is 16.5. The Morgan fingerprint density at radius 3 is 2.54 bits per heavy atom. The van der Waals surface area contributed by atoms with Gasteiger partial charge in [0.05, 0.1) is 0 Å². The van der Waals surface area contributed by atoms with E-state index in [1.807, 2.05) is 28.8 Å². The smallest absolute Gasteiger partial charge is 0.203 e. The summed E-state index contributed by atoms with van der Waals surface area (Å²) in [7, 11) is 0. The molecule has 0 radical (unpaired) electrons. The average Bonchev–Trinajstić information content (AvgIpc) is 3.08. The van der Waals surface area contributed by atoms with Crippen LogP contribution in [-0.2, 0) is 6.54 Å². The van der Waals surface area contributed by atoms with E-state index in [0.717, 1.165) is 59.8 Å². The van der Waals surface area contributed by atoms with Gasteiger partial charge in [-0.1, -0.05) is 29.3 Å². The van der Waals surface area contributed by atoms with Crippen molar-refractivity contribution in [1.29, 1.82) is 0 Å². The predicted molar refractivity (Wildman–Crippen MR) is 94.7 cm³/mol. The lowest BCUT2D eigenvalue weighted by Gasteiger charge is -2.35. The average molecular weight is 363 g/mol. The highest BCUT2D eigenvalue weighted by atomic mass is 35.5. The summed E-state index contributed by atoms with van der Waals surface area (Å²) in [6, 6.07) is 5.64. The quantitative estimate of drug-likeness (QED) is 0.716. The first-order chi connectivity index (χ1) is 11.7. The molecule has 0 aliphatic carbocycles. The van der Waals surface area contributed by atoms with E-state index in [0.29, 0.717) is 0 Å². The molecular weight excluding hydrogens is 347 g/mol. The van der Waals surface area contributed by atoms with E-state index in [9.17, 15) is 0 Å². The normalized spacial score (nSPS) is 16.0. The molecule has 6 nitrogen and oxygen atoms in total. The molecule has 0 unspecified atom stereocenters. The molecule has 0 bridgehead atoms. The minimum atomic E-state index is 0.722. The Labute approximate surface area is 149 Å². The van der Waals surface area contributed by atoms with Crippen LogP contribution in [0.25, 0.3) is 5.65 Å². The monoisotopic (exact) mass is 362 g/mol. The molecule has 24 heavy (non-hydrogen) atoms.